The van der Waals surface area contributed by atoms with E-state index < -0.39 is 0 Å². The first kappa shape index (κ1) is 14.0. The topological polar surface area (TPSA) is 55.6 Å². The lowest BCUT2D eigenvalue weighted by Crippen LogP contribution is -2.17. The Morgan fingerprint density at radius 3 is 2.42 bits per heavy atom. The zero-order valence-corrected chi connectivity index (χ0v) is 13.4. The van der Waals surface area contributed by atoms with E-state index in [2.05, 4.69) is 52.0 Å². The highest BCUT2D eigenvalue weighted by atomic mass is 79.9. The largest absolute Gasteiger partial charge is 0.372 e. The van der Waals surface area contributed by atoms with Gasteiger partial charge in [0, 0.05) is 19.5 Å². The van der Waals surface area contributed by atoms with E-state index in [1.807, 2.05) is 18.7 Å². The van der Waals surface area contributed by atoms with Crippen molar-refractivity contribution in [2.75, 3.05) is 12.4 Å². The highest BCUT2D eigenvalue weighted by molar-refractivity contribution is 9.10. The van der Waals surface area contributed by atoms with Crippen molar-refractivity contribution in [1.82, 2.24) is 19.5 Å². The third kappa shape index (κ3) is 2.63. The average molecular weight is 324 g/mol. The number of imidazole rings is 1. The van der Waals surface area contributed by atoms with E-state index in [0.29, 0.717) is 5.82 Å². The number of nitrogens with one attached hydrogen (secondary N) is 1. The molecule has 2 rings (SSSR count). The highest BCUT2D eigenvalue weighted by Gasteiger charge is 2.23. The average Bonchev–Trinajstić information content (AvgIpc) is 2.74. The summed E-state index contributed by atoms with van der Waals surface area (Å²) in [4.78, 5) is 13.4. The molecule has 0 spiro atoms. The van der Waals surface area contributed by atoms with Gasteiger partial charge in [0.25, 0.3) is 0 Å². The maximum atomic E-state index is 4.70. The van der Waals surface area contributed by atoms with E-state index in [4.69, 9.17) is 4.98 Å². The molecule has 2 heterocycles. The Morgan fingerprint density at radius 1 is 1.26 bits per heavy atom. The van der Waals surface area contributed by atoms with E-state index in [-0.39, 0.29) is 5.41 Å². The van der Waals surface area contributed by atoms with Crippen molar-refractivity contribution in [2.24, 2.45) is 7.05 Å². The predicted molar refractivity (Wildman–Crippen MR) is 80.2 cm³/mol. The standard InChI is InChI=1S/C13H18BrN5/c1-13(2,3)10-9(14)12(15-4)18-11(17-10)8-6-16-7-19(8)5/h6-7H,1-5H3,(H,15,17,18). The Hall–Kier alpha value is -1.43. The monoisotopic (exact) mass is 323 g/mol. The fraction of sp³-hybridized carbons (Fsp3) is 0.462. The normalized spacial score (nSPS) is 11.7. The third-order valence-corrected chi connectivity index (χ3v) is 3.60. The second-order valence-corrected chi connectivity index (χ2v) is 6.24. The first-order valence-corrected chi connectivity index (χ1v) is 6.86. The van der Waals surface area contributed by atoms with Gasteiger partial charge in [-0.3, -0.25) is 0 Å². The van der Waals surface area contributed by atoms with Crippen LogP contribution in [-0.2, 0) is 12.5 Å². The molecule has 6 heteroatoms. The van der Waals surface area contributed by atoms with Gasteiger partial charge in [-0.05, 0) is 15.9 Å². The lowest BCUT2D eigenvalue weighted by Gasteiger charge is -2.21. The highest BCUT2D eigenvalue weighted by Crippen LogP contribution is 2.34. The van der Waals surface area contributed by atoms with Crippen molar-refractivity contribution in [2.45, 2.75) is 26.2 Å². The lowest BCUT2D eigenvalue weighted by molar-refractivity contribution is 0.564. The molecule has 0 saturated carbocycles. The van der Waals surface area contributed by atoms with Crippen molar-refractivity contribution in [3.05, 3.63) is 22.7 Å². The summed E-state index contributed by atoms with van der Waals surface area (Å²) in [7, 11) is 3.79. The van der Waals surface area contributed by atoms with Crippen molar-refractivity contribution in [1.29, 1.82) is 0 Å². The van der Waals surface area contributed by atoms with Gasteiger partial charge in [0.1, 0.15) is 11.5 Å². The molecular weight excluding hydrogens is 306 g/mol. The smallest absolute Gasteiger partial charge is 0.180 e. The first-order valence-electron chi connectivity index (χ1n) is 6.07. The minimum atomic E-state index is -0.0687. The summed E-state index contributed by atoms with van der Waals surface area (Å²) >= 11 is 3.58. The van der Waals surface area contributed by atoms with Gasteiger partial charge in [0.2, 0.25) is 0 Å². The van der Waals surface area contributed by atoms with E-state index in [1.165, 1.54) is 0 Å². The molecule has 5 nitrogen and oxygen atoms in total. The van der Waals surface area contributed by atoms with Crippen molar-refractivity contribution in [3.8, 4) is 11.5 Å². The molecular formula is C13H18BrN5. The summed E-state index contributed by atoms with van der Waals surface area (Å²) in [5.74, 6) is 1.47. The number of rotatable bonds is 2. The number of anilines is 1. The van der Waals surface area contributed by atoms with Crippen LogP contribution >= 0.6 is 15.9 Å². The van der Waals surface area contributed by atoms with Gasteiger partial charge >= 0.3 is 0 Å². The molecule has 0 aliphatic heterocycles. The fourth-order valence-corrected chi connectivity index (χ4v) is 2.77. The second-order valence-electron chi connectivity index (χ2n) is 5.45. The second kappa shape index (κ2) is 4.92. The van der Waals surface area contributed by atoms with Crippen LogP contribution in [0.2, 0.25) is 0 Å². The minimum absolute atomic E-state index is 0.0687. The molecule has 0 aliphatic rings. The SMILES string of the molecule is CNc1nc(-c2cncn2C)nc(C(C)(C)C)c1Br. The van der Waals surface area contributed by atoms with Crippen LogP contribution in [0.1, 0.15) is 26.5 Å². The Morgan fingerprint density at radius 2 is 1.95 bits per heavy atom. The van der Waals surface area contributed by atoms with Gasteiger partial charge in [0.05, 0.1) is 22.7 Å². The Balaban J connectivity index is 2.68. The van der Waals surface area contributed by atoms with Gasteiger partial charge in [-0.15, -0.1) is 0 Å². The van der Waals surface area contributed by atoms with E-state index in [9.17, 15) is 0 Å². The molecule has 0 bridgehead atoms. The van der Waals surface area contributed by atoms with Crippen LogP contribution in [0.4, 0.5) is 5.82 Å². The van der Waals surface area contributed by atoms with Crippen LogP contribution in [0, 0.1) is 0 Å². The summed E-state index contributed by atoms with van der Waals surface area (Å²) in [6, 6.07) is 0. The molecule has 2 aromatic heterocycles. The Labute approximate surface area is 121 Å². The quantitative estimate of drug-likeness (QED) is 0.923. The van der Waals surface area contributed by atoms with Crippen LogP contribution in [-0.4, -0.2) is 26.6 Å². The van der Waals surface area contributed by atoms with E-state index >= 15 is 0 Å². The van der Waals surface area contributed by atoms with Crippen molar-refractivity contribution in [3.63, 3.8) is 0 Å². The minimum Gasteiger partial charge on any atom is -0.372 e. The van der Waals surface area contributed by atoms with E-state index in [0.717, 1.165) is 21.7 Å². The summed E-state index contributed by atoms with van der Waals surface area (Å²) in [5, 5.41) is 3.10. The Kier molecular flexibility index (Phi) is 3.62. The number of hydrogen-bond donors (Lipinski definition) is 1. The number of aryl methyl sites for hydroxylation is 1. The van der Waals surface area contributed by atoms with Crippen molar-refractivity contribution >= 4 is 21.7 Å². The van der Waals surface area contributed by atoms with Crippen LogP contribution in [0.5, 0.6) is 0 Å². The molecule has 0 atom stereocenters. The summed E-state index contributed by atoms with van der Waals surface area (Å²) < 4.78 is 2.82. The summed E-state index contributed by atoms with van der Waals surface area (Å²) in [6.45, 7) is 6.39. The molecule has 0 unspecified atom stereocenters. The van der Waals surface area contributed by atoms with Gasteiger partial charge in [-0.2, -0.15) is 0 Å². The summed E-state index contributed by atoms with van der Waals surface area (Å²) in [5.41, 5.74) is 1.80. The van der Waals surface area contributed by atoms with E-state index in [1.54, 1.807) is 12.5 Å². The lowest BCUT2D eigenvalue weighted by atomic mass is 9.92. The van der Waals surface area contributed by atoms with Crippen LogP contribution in [0.25, 0.3) is 11.5 Å². The molecule has 0 aliphatic carbocycles. The zero-order chi connectivity index (χ0) is 14.2. The number of aromatic nitrogens is 4. The summed E-state index contributed by atoms with van der Waals surface area (Å²) in [6.07, 6.45) is 3.52. The maximum Gasteiger partial charge on any atom is 0.180 e. The molecule has 0 amide bonds. The molecule has 19 heavy (non-hydrogen) atoms. The fourth-order valence-electron chi connectivity index (χ4n) is 1.80. The van der Waals surface area contributed by atoms with Gasteiger partial charge in [0.15, 0.2) is 5.82 Å². The molecule has 2 aromatic rings. The number of nitrogens with zero attached hydrogens (tertiary/aromatic N) is 4. The third-order valence-electron chi connectivity index (χ3n) is 2.84. The molecule has 0 saturated heterocycles. The molecule has 1 N–H and O–H groups in total. The first-order chi connectivity index (χ1) is 8.84. The zero-order valence-electron chi connectivity index (χ0n) is 11.8. The Bertz CT molecular complexity index is 598. The van der Waals surface area contributed by atoms with Crippen molar-refractivity contribution < 1.29 is 0 Å². The van der Waals surface area contributed by atoms with Gasteiger partial charge in [-0.25, -0.2) is 15.0 Å². The van der Waals surface area contributed by atoms with Crippen LogP contribution in [0.15, 0.2) is 17.0 Å². The molecule has 0 radical (unpaired) electrons. The van der Waals surface area contributed by atoms with Gasteiger partial charge in [-0.1, -0.05) is 20.8 Å². The molecule has 0 fully saturated rings. The van der Waals surface area contributed by atoms with Crippen LogP contribution in [0.3, 0.4) is 0 Å². The van der Waals surface area contributed by atoms with Crippen LogP contribution < -0.4 is 5.32 Å². The number of hydrogen-bond acceptors (Lipinski definition) is 4. The number of halogens is 1. The molecule has 0 aromatic carbocycles. The van der Waals surface area contributed by atoms with Gasteiger partial charge < -0.3 is 9.88 Å². The molecule has 102 valence electrons. The predicted octanol–water partition coefficient (Wildman–Crippen LogP) is 2.98. The maximum absolute atomic E-state index is 4.70.